The Morgan fingerprint density at radius 2 is 1.89 bits per heavy atom. The molecule has 3 N–H and O–H groups in total. The summed E-state index contributed by atoms with van der Waals surface area (Å²) in [5, 5.41) is 2.51. The number of fused-ring (bicyclic) bond motifs is 1. The van der Waals surface area contributed by atoms with E-state index in [0.717, 1.165) is 10.9 Å². The van der Waals surface area contributed by atoms with Gasteiger partial charge >= 0.3 is 0 Å². The third-order valence-electron chi connectivity index (χ3n) is 3.28. The number of benzene rings is 2. The molecule has 0 aliphatic rings. The molecule has 0 aliphatic heterocycles. The molecule has 96 valence electrons. The minimum atomic E-state index is 0.248. The van der Waals surface area contributed by atoms with E-state index in [2.05, 4.69) is 64.7 Å². The molecule has 0 saturated heterocycles. The molecule has 0 aliphatic carbocycles. The Bertz CT molecular complexity index is 525. The Morgan fingerprint density at radius 1 is 1.17 bits per heavy atom. The van der Waals surface area contributed by atoms with Gasteiger partial charge in [0.1, 0.15) is 0 Å². The second kappa shape index (κ2) is 6.32. The van der Waals surface area contributed by atoms with Crippen molar-refractivity contribution in [2.75, 3.05) is 0 Å². The van der Waals surface area contributed by atoms with E-state index in [0.29, 0.717) is 0 Å². The zero-order chi connectivity index (χ0) is 13.0. The van der Waals surface area contributed by atoms with E-state index in [1.807, 2.05) is 0 Å². The van der Waals surface area contributed by atoms with E-state index in [-0.39, 0.29) is 6.04 Å². The number of nitrogens with one attached hydrogen (secondary N) is 1. The van der Waals surface area contributed by atoms with Gasteiger partial charge in [-0.3, -0.25) is 11.3 Å². The zero-order valence-corrected chi connectivity index (χ0v) is 12.2. The quantitative estimate of drug-likeness (QED) is 0.638. The Hall–Kier alpha value is -0.900. The Labute approximate surface area is 117 Å². The summed E-state index contributed by atoms with van der Waals surface area (Å²) in [5.41, 5.74) is 4.18. The number of hydrogen-bond acceptors (Lipinski definition) is 2. The van der Waals surface area contributed by atoms with Crippen LogP contribution in [0.15, 0.2) is 40.9 Å². The first kappa shape index (κ1) is 13.5. The van der Waals surface area contributed by atoms with Gasteiger partial charge in [0.2, 0.25) is 0 Å². The Balaban J connectivity index is 2.30. The van der Waals surface area contributed by atoms with Crippen molar-refractivity contribution in [1.82, 2.24) is 5.43 Å². The molecule has 0 fully saturated rings. The van der Waals surface area contributed by atoms with E-state index < -0.39 is 0 Å². The number of rotatable bonds is 5. The van der Waals surface area contributed by atoms with Gasteiger partial charge in [-0.2, -0.15) is 0 Å². The molecule has 0 aromatic heterocycles. The molecule has 1 atom stereocenters. The number of hydrogen-bond donors (Lipinski definition) is 2. The normalized spacial score (nSPS) is 12.8. The Kier molecular flexibility index (Phi) is 4.75. The fraction of sp³-hybridized carbons (Fsp3) is 0.333. The van der Waals surface area contributed by atoms with E-state index in [4.69, 9.17) is 5.84 Å². The van der Waals surface area contributed by atoms with Crippen LogP contribution < -0.4 is 11.3 Å². The fourth-order valence-corrected chi connectivity index (χ4v) is 2.59. The summed E-state index contributed by atoms with van der Waals surface area (Å²) in [6.45, 7) is 2.20. The monoisotopic (exact) mass is 306 g/mol. The molecular formula is C15H19BrN2. The van der Waals surface area contributed by atoms with Crippen LogP contribution in [0, 0.1) is 0 Å². The van der Waals surface area contributed by atoms with Gasteiger partial charge in [0.15, 0.2) is 0 Å². The van der Waals surface area contributed by atoms with Crippen molar-refractivity contribution in [3.63, 3.8) is 0 Å². The van der Waals surface area contributed by atoms with Crippen molar-refractivity contribution in [2.24, 2.45) is 5.84 Å². The minimum absolute atomic E-state index is 0.248. The van der Waals surface area contributed by atoms with Gasteiger partial charge in [-0.1, -0.05) is 53.9 Å². The molecule has 2 aromatic carbocycles. The van der Waals surface area contributed by atoms with Crippen LogP contribution in [0.5, 0.6) is 0 Å². The molecule has 0 heterocycles. The van der Waals surface area contributed by atoms with Crippen molar-refractivity contribution in [3.05, 3.63) is 46.4 Å². The number of halogens is 1. The number of hydrazine groups is 1. The fourth-order valence-electron chi connectivity index (χ4n) is 2.21. The average Bonchev–Trinajstić information content (AvgIpc) is 2.39. The summed E-state index contributed by atoms with van der Waals surface area (Å²) in [6.07, 6.45) is 3.46. The van der Waals surface area contributed by atoms with Crippen molar-refractivity contribution in [2.45, 2.75) is 32.2 Å². The van der Waals surface area contributed by atoms with Crippen LogP contribution in [0.4, 0.5) is 0 Å². The maximum atomic E-state index is 5.66. The highest BCUT2D eigenvalue weighted by atomic mass is 79.9. The standard InChI is InChI=1S/C15H19BrN2/c1-2-3-4-15(18-17)13-6-5-12-10-14(16)8-7-11(12)9-13/h5-10,15,18H,2-4,17H2,1H3. The van der Waals surface area contributed by atoms with Crippen LogP contribution in [0.1, 0.15) is 37.8 Å². The van der Waals surface area contributed by atoms with Crippen LogP contribution in [0.2, 0.25) is 0 Å². The van der Waals surface area contributed by atoms with Crippen LogP contribution in [0.3, 0.4) is 0 Å². The van der Waals surface area contributed by atoms with Gasteiger partial charge in [0, 0.05) is 10.5 Å². The SMILES string of the molecule is CCCCC(NN)c1ccc2cc(Br)ccc2c1. The molecule has 0 radical (unpaired) electrons. The molecule has 0 spiro atoms. The van der Waals surface area contributed by atoms with E-state index >= 15 is 0 Å². The van der Waals surface area contributed by atoms with Gasteiger partial charge in [0.25, 0.3) is 0 Å². The lowest BCUT2D eigenvalue weighted by molar-refractivity contribution is 0.495. The lowest BCUT2D eigenvalue weighted by atomic mass is 9.98. The van der Waals surface area contributed by atoms with Gasteiger partial charge in [-0.05, 0) is 41.0 Å². The van der Waals surface area contributed by atoms with Gasteiger partial charge < -0.3 is 0 Å². The maximum absolute atomic E-state index is 5.66. The first-order chi connectivity index (χ1) is 8.74. The lowest BCUT2D eigenvalue weighted by Crippen LogP contribution is -2.27. The molecule has 0 amide bonds. The third-order valence-corrected chi connectivity index (χ3v) is 3.77. The van der Waals surface area contributed by atoms with Crippen molar-refractivity contribution >= 4 is 26.7 Å². The summed E-state index contributed by atoms with van der Waals surface area (Å²) >= 11 is 3.50. The summed E-state index contributed by atoms with van der Waals surface area (Å²) in [5.74, 6) is 5.66. The van der Waals surface area contributed by atoms with Crippen molar-refractivity contribution < 1.29 is 0 Å². The summed E-state index contributed by atoms with van der Waals surface area (Å²) in [4.78, 5) is 0. The number of unbranched alkanes of at least 4 members (excludes halogenated alkanes) is 1. The summed E-state index contributed by atoms with van der Waals surface area (Å²) in [7, 11) is 0. The van der Waals surface area contributed by atoms with Crippen LogP contribution >= 0.6 is 15.9 Å². The topological polar surface area (TPSA) is 38.0 Å². The van der Waals surface area contributed by atoms with Gasteiger partial charge in [-0.25, -0.2) is 0 Å². The predicted molar refractivity (Wildman–Crippen MR) is 81.2 cm³/mol. The largest absolute Gasteiger partial charge is 0.271 e. The zero-order valence-electron chi connectivity index (χ0n) is 10.6. The van der Waals surface area contributed by atoms with Crippen molar-refractivity contribution in [1.29, 1.82) is 0 Å². The minimum Gasteiger partial charge on any atom is -0.271 e. The van der Waals surface area contributed by atoms with E-state index in [1.54, 1.807) is 0 Å². The average molecular weight is 307 g/mol. The highest BCUT2D eigenvalue weighted by molar-refractivity contribution is 9.10. The molecular weight excluding hydrogens is 288 g/mol. The molecule has 2 aromatic rings. The molecule has 18 heavy (non-hydrogen) atoms. The first-order valence-corrected chi connectivity index (χ1v) is 7.19. The molecule has 0 saturated carbocycles. The second-order valence-corrected chi connectivity index (χ2v) is 5.53. The molecule has 0 bridgehead atoms. The van der Waals surface area contributed by atoms with Crippen LogP contribution in [0.25, 0.3) is 10.8 Å². The van der Waals surface area contributed by atoms with Gasteiger partial charge in [-0.15, -0.1) is 0 Å². The number of nitrogens with two attached hydrogens (primary N) is 1. The van der Waals surface area contributed by atoms with Gasteiger partial charge in [0.05, 0.1) is 0 Å². The smallest absolute Gasteiger partial charge is 0.0460 e. The second-order valence-electron chi connectivity index (χ2n) is 4.61. The summed E-state index contributed by atoms with van der Waals surface area (Å²) in [6, 6.07) is 13.1. The molecule has 1 unspecified atom stereocenters. The first-order valence-electron chi connectivity index (χ1n) is 6.40. The lowest BCUT2D eigenvalue weighted by Gasteiger charge is -2.16. The van der Waals surface area contributed by atoms with E-state index in [1.165, 1.54) is 29.2 Å². The van der Waals surface area contributed by atoms with E-state index in [9.17, 15) is 0 Å². The highest BCUT2D eigenvalue weighted by Crippen LogP contribution is 2.25. The molecule has 3 heteroatoms. The van der Waals surface area contributed by atoms with Crippen LogP contribution in [-0.2, 0) is 0 Å². The predicted octanol–water partition coefficient (Wildman–Crippen LogP) is 4.30. The highest BCUT2D eigenvalue weighted by Gasteiger charge is 2.09. The third kappa shape index (κ3) is 3.10. The molecule has 2 rings (SSSR count). The summed E-state index contributed by atoms with van der Waals surface area (Å²) < 4.78 is 1.11. The molecule has 2 nitrogen and oxygen atoms in total. The van der Waals surface area contributed by atoms with Crippen molar-refractivity contribution in [3.8, 4) is 0 Å². The maximum Gasteiger partial charge on any atom is 0.0460 e. The Morgan fingerprint density at radius 3 is 2.61 bits per heavy atom. The van der Waals surface area contributed by atoms with Crippen LogP contribution in [-0.4, -0.2) is 0 Å².